The number of fused-ring (bicyclic) bond motifs is 1. The lowest BCUT2D eigenvalue weighted by Gasteiger charge is -2.40. The van der Waals surface area contributed by atoms with Crippen LogP contribution in [0, 0.1) is 0 Å². The van der Waals surface area contributed by atoms with E-state index in [1.54, 1.807) is 11.8 Å². The van der Waals surface area contributed by atoms with Crippen molar-refractivity contribution in [3.05, 3.63) is 35.4 Å². The van der Waals surface area contributed by atoms with E-state index in [4.69, 9.17) is 4.74 Å². The Morgan fingerprint density at radius 3 is 2.70 bits per heavy atom. The maximum Gasteiger partial charge on any atom is 0.245 e. The van der Waals surface area contributed by atoms with Crippen LogP contribution in [0.25, 0.3) is 0 Å². The van der Waals surface area contributed by atoms with Crippen LogP contribution in [0.4, 0.5) is 0 Å². The average Bonchev–Trinajstić information content (AvgIpc) is 2.59. The summed E-state index contributed by atoms with van der Waals surface area (Å²) in [6, 6.07) is 7.67. The van der Waals surface area contributed by atoms with Crippen molar-refractivity contribution in [2.45, 2.75) is 45.4 Å². The number of morpholine rings is 1. The van der Waals surface area contributed by atoms with E-state index in [2.05, 4.69) is 13.0 Å². The summed E-state index contributed by atoms with van der Waals surface area (Å²) in [5.74, 6) is 0.00890. The molecule has 1 saturated heterocycles. The Balaban J connectivity index is 1.81. The standard InChI is InChI=1S/C18H24N2O3/c1-3-16-12-19(8-9-23-16)18(22)17-10-14-6-4-5-7-15(14)11-20(17)13(2)21/h4-7,16-17H,3,8-12H2,1-2H3/t16-,17+/m0/s1. The molecule has 0 bridgehead atoms. The first kappa shape index (κ1) is 16.0. The van der Waals surface area contributed by atoms with Crippen LogP contribution in [0.1, 0.15) is 31.4 Å². The SMILES string of the molecule is CC[C@H]1CN(C(=O)[C@H]2Cc3ccccc3CN2C(C)=O)CCO1. The van der Waals surface area contributed by atoms with Gasteiger partial charge >= 0.3 is 0 Å². The number of benzene rings is 1. The van der Waals surface area contributed by atoms with E-state index in [1.807, 2.05) is 23.1 Å². The minimum atomic E-state index is -0.391. The van der Waals surface area contributed by atoms with E-state index in [1.165, 1.54) is 5.56 Å². The second-order valence-electron chi connectivity index (χ2n) is 6.32. The number of carbonyl (C=O) groups is 2. The highest BCUT2D eigenvalue weighted by Crippen LogP contribution is 2.25. The summed E-state index contributed by atoms with van der Waals surface area (Å²) in [4.78, 5) is 28.6. The molecule has 0 aliphatic carbocycles. The third-order valence-corrected chi connectivity index (χ3v) is 4.84. The van der Waals surface area contributed by atoms with Gasteiger partial charge in [0.1, 0.15) is 6.04 Å². The summed E-state index contributed by atoms with van der Waals surface area (Å²) in [5, 5.41) is 0. The van der Waals surface area contributed by atoms with Gasteiger partial charge in [-0.2, -0.15) is 0 Å². The first-order valence-electron chi connectivity index (χ1n) is 8.34. The van der Waals surface area contributed by atoms with Gasteiger partial charge in [-0.3, -0.25) is 9.59 Å². The first-order valence-corrected chi connectivity index (χ1v) is 8.34. The van der Waals surface area contributed by atoms with Gasteiger partial charge in [0.25, 0.3) is 0 Å². The van der Waals surface area contributed by atoms with Crippen molar-refractivity contribution in [2.75, 3.05) is 19.7 Å². The van der Waals surface area contributed by atoms with Gasteiger partial charge in [0.15, 0.2) is 0 Å². The Hall–Kier alpha value is -1.88. The topological polar surface area (TPSA) is 49.9 Å². The van der Waals surface area contributed by atoms with Crippen LogP contribution >= 0.6 is 0 Å². The molecule has 2 aliphatic rings. The van der Waals surface area contributed by atoms with Gasteiger partial charge in [-0.15, -0.1) is 0 Å². The van der Waals surface area contributed by atoms with Gasteiger partial charge in [-0.05, 0) is 17.5 Å². The molecule has 23 heavy (non-hydrogen) atoms. The van der Waals surface area contributed by atoms with Gasteiger partial charge in [0, 0.05) is 33.0 Å². The fourth-order valence-electron chi connectivity index (χ4n) is 3.45. The van der Waals surface area contributed by atoms with Crippen molar-refractivity contribution < 1.29 is 14.3 Å². The molecule has 2 amide bonds. The summed E-state index contributed by atoms with van der Waals surface area (Å²) < 4.78 is 5.65. The van der Waals surface area contributed by atoms with Crippen molar-refractivity contribution in [1.82, 2.24) is 9.80 Å². The van der Waals surface area contributed by atoms with Crippen LogP contribution in [0.15, 0.2) is 24.3 Å². The van der Waals surface area contributed by atoms with E-state index in [9.17, 15) is 9.59 Å². The zero-order chi connectivity index (χ0) is 16.4. The fraction of sp³-hybridized carbons (Fsp3) is 0.556. The second-order valence-corrected chi connectivity index (χ2v) is 6.32. The summed E-state index contributed by atoms with van der Waals surface area (Å²) in [6.07, 6.45) is 1.60. The van der Waals surface area contributed by atoms with Gasteiger partial charge in [-0.25, -0.2) is 0 Å². The molecule has 0 N–H and O–H groups in total. The second kappa shape index (κ2) is 6.71. The Bertz CT molecular complexity index is 602. The Morgan fingerprint density at radius 1 is 1.26 bits per heavy atom. The predicted octanol–water partition coefficient (Wildman–Crippen LogP) is 1.60. The molecule has 0 spiro atoms. The van der Waals surface area contributed by atoms with E-state index < -0.39 is 6.04 Å². The number of hydrogen-bond acceptors (Lipinski definition) is 3. The molecule has 5 heteroatoms. The van der Waals surface area contributed by atoms with Crippen molar-refractivity contribution in [1.29, 1.82) is 0 Å². The Labute approximate surface area is 137 Å². The average molecular weight is 316 g/mol. The maximum atomic E-state index is 13.0. The largest absolute Gasteiger partial charge is 0.375 e. The van der Waals surface area contributed by atoms with Gasteiger partial charge in [0.05, 0.1) is 12.7 Å². The van der Waals surface area contributed by atoms with Crippen molar-refractivity contribution in [3.8, 4) is 0 Å². The number of carbonyl (C=O) groups excluding carboxylic acids is 2. The van der Waals surface area contributed by atoms with Crippen LogP contribution in [-0.4, -0.2) is 53.5 Å². The molecule has 3 rings (SSSR count). The predicted molar refractivity (Wildman–Crippen MR) is 86.8 cm³/mol. The number of rotatable bonds is 2. The summed E-state index contributed by atoms with van der Waals surface area (Å²) >= 11 is 0. The molecule has 1 fully saturated rings. The van der Waals surface area contributed by atoms with E-state index in [0.717, 1.165) is 12.0 Å². The van der Waals surface area contributed by atoms with Crippen LogP contribution in [0.3, 0.4) is 0 Å². The summed E-state index contributed by atoms with van der Waals surface area (Å²) in [5.41, 5.74) is 2.31. The summed E-state index contributed by atoms with van der Waals surface area (Å²) in [6.45, 7) is 5.94. The highest BCUT2D eigenvalue weighted by Gasteiger charge is 2.36. The third kappa shape index (κ3) is 3.24. The van der Waals surface area contributed by atoms with Crippen LogP contribution in [0.2, 0.25) is 0 Å². The van der Waals surface area contributed by atoms with E-state index in [-0.39, 0.29) is 17.9 Å². The van der Waals surface area contributed by atoms with Crippen molar-refractivity contribution in [2.24, 2.45) is 0 Å². The zero-order valence-corrected chi connectivity index (χ0v) is 13.8. The van der Waals surface area contributed by atoms with Crippen molar-refractivity contribution >= 4 is 11.8 Å². The quantitative estimate of drug-likeness (QED) is 0.833. The van der Waals surface area contributed by atoms with Crippen LogP contribution in [0.5, 0.6) is 0 Å². The summed E-state index contributed by atoms with van der Waals surface area (Å²) in [7, 11) is 0. The molecule has 0 radical (unpaired) electrons. The Morgan fingerprint density at radius 2 is 2.00 bits per heavy atom. The molecule has 124 valence electrons. The van der Waals surface area contributed by atoms with E-state index >= 15 is 0 Å². The number of ether oxygens (including phenoxy) is 1. The van der Waals surface area contributed by atoms with Crippen LogP contribution < -0.4 is 0 Å². The number of nitrogens with zero attached hydrogens (tertiary/aromatic N) is 2. The molecule has 1 aromatic rings. The molecule has 0 unspecified atom stereocenters. The lowest BCUT2D eigenvalue weighted by atomic mass is 9.93. The van der Waals surface area contributed by atoms with Crippen LogP contribution in [-0.2, 0) is 27.3 Å². The Kier molecular flexibility index (Phi) is 4.66. The molecule has 2 heterocycles. The number of hydrogen-bond donors (Lipinski definition) is 0. The molecule has 5 nitrogen and oxygen atoms in total. The monoisotopic (exact) mass is 316 g/mol. The van der Waals surface area contributed by atoms with Gasteiger partial charge in [0.2, 0.25) is 11.8 Å². The molecule has 0 saturated carbocycles. The first-order chi connectivity index (χ1) is 11.1. The lowest BCUT2D eigenvalue weighted by molar-refractivity contribution is -0.151. The smallest absolute Gasteiger partial charge is 0.245 e. The minimum absolute atomic E-state index is 0.0434. The van der Waals surface area contributed by atoms with Gasteiger partial charge < -0.3 is 14.5 Å². The van der Waals surface area contributed by atoms with Gasteiger partial charge in [-0.1, -0.05) is 31.2 Å². The minimum Gasteiger partial charge on any atom is -0.375 e. The normalized spacial score (nSPS) is 24.3. The molecule has 1 aromatic carbocycles. The molecular weight excluding hydrogens is 292 g/mol. The molecule has 2 atom stereocenters. The highest BCUT2D eigenvalue weighted by molar-refractivity contribution is 5.88. The lowest BCUT2D eigenvalue weighted by Crippen LogP contribution is -2.56. The molecule has 0 aromatic heterocycles. The zero-order valence-electron chi connectivity index (χ0n) is 13.8. The fourth-order valence-corrected chi connectivity index (χ4v) is 3.45. The molecule has 2 aliphatic heterocycles. The third-order valence-electron chi connectivity index (χ3n) is 4.84. The molecular formula is C18H24N2O3. The van der Waals surface area contributed by atoms with Crippen molar-refractivity contribution in [3.63, 3.8) is 0 Å². The highest BCUT2D eigenvalue weighted by atomic mass is 16.5. The maximum absolute atomic E-state index is 13.0. The number of amides is 2. The van der Waals surface area contributed by atoms with E-state index in [0.29, 0.717) is 32.7 Å².